The number of ether oxygens (including phenoxy) is 1. The Balaban J connectivity index is 1.74. The number of anilines is 1. The van der Waals surface area contributed by atoms with Crippen LogP contribution in [-0.2, 0) is 11.3 Å². The Morgan fingerprint density at radius 3 is 2.36 bits per heavy atom. The second kappa shape index (κ2) is 10.4. The molecule has 33 heavy (non-hydrogen) atoms. The Labute approximate surface area is 199 Å². The summed E-state index contributed by atoms with van der Waals surface area (Å²) in [5, 5.41) is 11.6. The summed E-state index contributed by atoms with van der Waals surface area (Å²) < 4.78 is 6.87. The van der Waals surface area contributed by atoms with Crippen molar-refractivity contribution in [3.05, 3.63) is 92.9 Å². The first kappa shape index (κ1) is 23.4. The fourth-order valence-electron chi connectivity index (χ4n) is 4.59. The molecule has 1 aromatic heterocycles. The van der Waals surface area contributed by atoms with Crippen LogP contribution in [0.15, 0.2) is 65.5 Å². The van der Waals surface area contributed by atoms with Gasteiger partial charge < -0.3 is 19.3 Å². The lowest BCUT2D eigenvalue weighted by Crippen LogP contribution is -2.49. The van der Waals surface area contributed by atoms with Crippen molar-refractivity contribution in [2.45, 2.75) is 19.5 Å². The fraction of sp³-hybridized carbons (Fsp3) is 0.346. The number of rotatable bonds is 7. The van der Waals surface area contributed by atoms with Crippen LogP contribution in [0.3, 0.4) is 0 Å². The van der Waals surface area contributed by atoms with Crippen LogP contribution in [0.1, 0.15) is 22.9 Å². The number of aryl methyl sites for hydroxylation is 1. The predicted octanol–water partition coefficient (Wildman–Crippen LogP) is 4.07. The van der Waals surface area contributed by atoms with E-state index in [4.69, 9.17) is 16.3 Å². The molecule has 0 bridgehead atoms. The van der Waals surface area contributed by atoms with Crippen LogP contribution in [0, 0.1) is 6.92 Å². The molecule has 3 aromatic rings. The molecular weight excluding hydrogens is 438 g/mol. The number of halogens is 1. The van der Waals surface area contributed by atoms with E-state index in [9.17, 15) is 9.90 Å². The van der Waals surface area contributed by atoms with Gasteiger partial charge in [0.1, 0.15) is 5.75 Å². The van der Waals surface area contributed by atoms with E-state index in [0.717, 1.165) is 31.7 Å². The molecule has 1 N–H and O–H groups in total. The van der Waals surface area contributed by atoms with Gasteiger partial charge in [-0.2, -0.15) is 0 Å². The molecule has 4 rings (SSSR count). The summed E-state index contributed by atoms with van der Waals surface area (Å²) in [5.74, 6) is 0.00146. The zero-order chi connectivity index (χ0) is 23.4. The van der Waals surface area contributed by atoms with Crippen LogP contribution in [0.2, 0.25) is 5.02 Å². The molecule has 1 atom stereocenters. The van der Waals surface area contributed by atoms with Crippen molar-refractivity contribution < 1.29 is 9.84 Å². The number of benzene rings is 2. The van der Waals surface area contributed by atoms with Crippen molar-refractivity contribution in [2.24, 2.45) is 0 Å². The minimum atomic E-state index is -0.446. The van der Waals surface area contributed by atoms with Crippen molar-refractivity contribution in [3.63, 3.8) is 0 Å². The smallest absolute Gasteiger partial charge is 0.259 e. The van der Waals surface area contributed by atoms with Crippen LogP contribution < -0.4 is 10.5 Å². The molecule has 1 fully saturated rings. The highest BCUT2D eigenvalue weighted by Gasteiger charge is 2.32. The van der Waals surface area contributed by atoms with Gasteiger partial charge in [-0.15, -0.1) is 0 Å². The first-order chi connectivity index (χ1) is 16.0. The molecule has 2 aromatic carbocycles. The molecule has 2 heterocycles. The number of pyridine rings is 1. The molecule has 0 spiro atoms. The van der Waals surface area contributed by atoms with Gasteiger partial charge in [0.25, 0.3) is 5.56 Å². The molecule has 0 aliphatic carbocycles. The standard InChI is InChI=1S/C26H30ClN3O3/c1-19-18-23(31)24(26(32)30(19)16-17-33-2)25(21-10-6-7-11-22(21)27)29-14-12-28(13-15-29)20-8-4-3-5-9-20/h3-11,18,25,31H,12-17H2,1-2H3/t25-/m1/s1. The molecule has 7 heteroatoms. The topological polar surface area (TPSA) is 57.9 Å². The summed E-state index contributed by atoms with van der Waals surface area (Å²) in [4.78, 5) is 18.2. The quantitative estimate of drug-likeness (QED) is 0.567. The summed E-state index contributed by atoms with van der Waals surface area (Å²) in [6.45, 7) is 5.75. The maximum Gasteiger partial charge on any atom is 0.259 e. The van der Waals surface area contributed by atoms with E-state index < -0.39 is 6.04 Å². The number of hydrogen-bond acceptors (Lipinski definition) is 5. The van der Waals surface area contributed by atoms with E-state index in [-0.39, 0.29) is 11.3 Å². The molecule has 0 radical (unpaired) electrons. The average molecular weight is 468 g/mol. The number of para-hydroxylation sites is 1. The predicted molar refractivity (Wildman–Crippen MR) is 133 cm³/mol. The maximum absolute atomic E-state index is 13.6. The van der Waals surface area contributed by atoms with Crippen LogP contribution in [0.25, 0.3) is 0 Å². The Morgan fingerprint density at radius 1 is 1.03 bits per heavy atom. The van der Waals surface area contributed by atoms with Crippen molar-refractivity contribution in [1.82, 2.24) is 9.47 Å². The van der Waals surface area contributed by atoms with Gasteiger partial charge in [0.05, 0.1) is 18.2 Å². The first-order valence-corrected chi connectivity index (χ1v) is 11.6. The van der Waals surface area contributed by atoms with Gasteiger partial charge in [-0.1, -0.05) is 48.0 Å². The molecule has 0 saturated carbocycles. The number of nitrogens with zero attached hydrogens (tertiary/aromatic N) is 3. The Kier molecular flexibility index (Phi) is 7.38. The minimum absolute atomic E-state index is 0.00146. The Hall–Kier alpha value is -2.80. The molecular formula is C26H30ClN3O3. The average Bonchev–Trinajstić information content (AvgIpc) is 2.83. The minimum Gasteiger partial charge on any atom is -0.507 e. The first-order valence-electron chi connectivity index (χ1n) is 11.2. The van der Waals surface area contributed by atoms with Gasteiger partial charge >= 0.3 is 0 Å². The highest BCUT2D eigenvalue weighted by atomic mass is 35.5. The largest absolute Gasteiger partial charge is 0.507 e. The third-order valence-corrected chi connectivity index (χ3v) is 6.66. The summed E-state index contributed by atoms with van der Waals surface area (Å²) in [7, 11) is 1.61. The van der Waals surface area contributed by atoms with Crippen molar-refractivity contribution in [2.75, 3.05) is 44.8 Å². The van der Waals surface area contributed by atoms with E-state index >= 15 is 0 Å². The lowest BCUT2D eigenvalue weighted by molar-refractivity contribution is 0.183. The lowest BCUT2D eigenvalue weighted by Gasteiger charge is -2.40. The number of aromatic hydroxyl groups is 1. The molecule has 0 amide bonds. The fourth-order valence-corrected chi connectivity index (χ4v) is 4.83. The monoisotopic (exact) mass is 467 g/mol. The summed E-state index contributed by atoms with van der Waals surface area (Å²) in [5.41, 5.74) is 2.86. The summed E-state index contributed by atoms with van der Waals surface area (Å²) in [6, 6.07) is 19.1. The third kappa shape index (κ3) is 4.93. The zero-order valence-electron chi connectivity index (χ0n) is 19.1. The Morgan fingerprint density at radius 2 is 1.70 bits per heavy atom. The number of hydrogen-bond donors (Lipinski definition) is 1. The van der Waals surface area contributed by atoms with E-state index in [1.807, 2.05) is 49.4 Å². The molecule has 1 aliphatic heterocycles. The summed E-state index contributed by atoms with van der Waals surface area (Å²) >= 11 is 6.62. The zero-order valence-corrected chi connectivity index (χ0v) is 19.8. The second-order valence-corrected chi connectivity index (χ2v) is 8.72. The van der Waals surface area contributed by atoms with Gasteiger partial charge in [0.2, 0.25) is 0 Å². The van der Waals surface area contributed by atoms with E-state index in [0.29, 0.717) is 29.4 Å². The van der Waals surface area contributed by atoms with E-state index in [2.05, 4.69) is 21.9 Å². The third-order valence-electron chi connectivity index (χ3n) is 6.32. The maximum atomic E-state index is 13.6. The van der Waals surface area contributed by atoms with Crippen molar-refractivity contribution >= 4 is 17.3 Å². The van der Waals surface area contributed by atoms with Crippen LogP contribution in [0.4, 0.5) is 5.69 Å². The van der Waals surface area contributed by atoms with Crippen LogP contribution >= 0.6 is 11.6 Å². The molecule has 174 valence electrons. The van der Waals surface area contributed by atoms with Gasteiger partial charge in [-0.3, -0.25) is 9.69 Å². The number of aromatic nitrogens is 1. The highest BCUT2D eigenvalue weighted by Crippen LogP contribution is 2.36. The van der Waals surface area contributed by atoms with Crippen molar-refractivity contribution in [1.29, 1.82) is 0 Å². The van der Waals surface area contributed by atoms with Gasteiger partial charge in [-0.25, -0.2) is 0 Å². The molecule has 1 aliphatic rings. The molecule has 0 unspecified atom stereocenters. The van der Waals surface area contributed by atoms with E-state index in [1.165, 1.54) is 5.69 Å². The van der Waals surface area contributed by atoms with Gasteiger partial charge in [0, 0.05) is 56.2 Å². The highest BCUT2D eigenvalue weighted by molar-refractivity contribution is 6.31. The van der Waals surface area contributed by atoms with Crippen LogP contribution in [-0.4, -0.2) is 54.5 Å². The second-order valence-electron chi connectivity index (χ2n) is 8.32. The SMILES string of the molecule is COCCn1c(C)cc(O)c([C@@H](c2ccccc2Cl)N2CCN(c3ccccc3)CC2)c1=O. The van der Waals surface area contributed by atoms with Gasteiger partial charge in [0.15, 0.2) is 0 Å². The number of piperazine rings is 1. The summed E-state index contributed by atoms with van der Waals surface area (Å²) in [6.07, 6.45) is 0. The van der Waals surface area contributed by atoms with E-state index in [1.54, 1.807) is 17.7 Å². The van der Waals surface area contributed by atoms with Crippen molar-refractivity contribution in [3.8, 4) is 5.75 Å². The molecule has 1 saturated heterocycles. The number of methoxy groups -OCH3 is 1. The normalized spacial score (nSPS) is 15.5. The van der Waals surface area contributed by atoms with Crippen LogP contribution in [0.5, 0.6) is 5.75 Å². The lowest BCUT2D eigenvalue weighted by atomic mass is 9.95. The molecule has 6 nitrogen and oxygen atoms in total. The Bertz CT molecular complexity index is 1140. The van der Waals surface area contributed by atoms with Gasteiger partial charge in [-0.05, 0) is 36.8 Å².